The number of hydrogen-bond donors (Lipinski definition) is 4. The summed E-state index contributed by atoms with van der Waals surface area (Å²) in [6.45, 7) is 1.82. The average molecular weight is 485 g/mol. The summed E-state index contributed by atoms with van der Waals surface area (Å²) >= 11 is 0. The van der Waals surface area contributed by atoms with Gasteiger partial charge in [-0.2, -0.15) is 0 Å². The molecule has 0 aliphatic carbocycles. The molecule has 0 bridgehead atoms. The van der Waals surface area contributed by atoms with Crippen LogP contribution in [0, 0.1) is 0 Å². The van der Waals surface area contributed by atoms with Gasteiger partial charge in [-0.25, -0.2) is 14.8 Å². The van der Waals surface area contributed by atoms with E-state index in [1.54, 1.807) is 6.07 Å². The molecule has 0 amide bonds. The van der Waals surface area contributed by atoms with Gasteiger partial charge in [0.2, 0.25) is 5.82 Å². The average Bonchev–Trinajstić information content (AvgIpc) is 2.83. The van der Waals surface area contributed by atoms with E-state index in [-0.39, 0.29) is 29.1 Å². The number of nitrogens with one attached hydrogen (secondary N) is 1. The molecular formula is C22H21ClN6O5. The van der Waals surface area contributed by atoms with Crippen LogP contribution in [0.25, 0.3) is 11.0 Å². The Bertz CT molecular complexity index is 1510. The molecule has 5 rings (SSSR count). The number of nitrogens with zero attached hydrogens (tertiary/aromatic N) is 3. The number of nitrogens with two attached hydrogens (primary N) is 2. The Morgan fingerprint density at radius 1 is 1.15 bits per heavy atom. The van der Waals surface area contributed by atoms with E-state index in [0.717, 1.165) is 17.5 Å². The summed E-state index contributed by atoms with van der Waals surface area (Å²) < 4.78 is 0. The Morgan fingerprint density at radius 3 is 2.59 bits per heavy atom. The first-order chi connectivity index (χ1) is 15.8. The molecule has 3 heterocycles. The van der Waals surface area contributed by atoms with E-state index in [1.165, 1.54) is 17.8 Å². The number of aromatic amines is 1. The van der Waals surface area contributed by atoms with Crippen molar-refractivity contribution >= 4 is 40.8 Å². The zero-order valence-corrected chi connectivity index (χ0v) is 18.6. The maximum atomic E-state index is 11.6. The van der Waals surface area contributed by atoms with Gasteiger partial charge in [-0.05, 0) is 35.2 Å². The number of aromatic nitrogens is 3. The van der Waals surface area contributed by atoms with Crippen LogP contribution in [-0.2, 0) is 19.5 Å². The summed E-state index contributed by atoms with van der Waals surface area (Å²) in [5.41, 5.74) is 13.8. The van der Waals surface area contributed by atoms with Crippen molar-refractivity contribution in [3.8, 4) is 0 Å². The molecule has 6 N–H and O–H groups in total. The highest BCUT2D eigenvalue weighted by Gasteiger charge is 2.26. The highest BCUT2D eigenvalue weighted by Crippen LogP contribution is 2.26. The lowest BCUT2D eigenvalue weighted by molar-refractivity contribution is 0.0683. The maximum absolute atomic E-state index is 11.6. The SMILES string of the molecule is Cl.NCc1ccc2c(c1)CN(c1c(N)c(=O)c1=O)CC2.O=C(O)c1nc2ncccc2c(=O)[nH]1. The summed E-state index contributed by atoms with van der Waals surface area (Å²) in [5, 5.41) is 8.88. The van der Waals surface area contributed by atoms with E-state index in [2.05, 4.69) is 27.1 Å². The standard InChI is InChI=1S/C14H15N3O2.C8H5N3O3.ClH/c15-6-8-1-2-9-3-4-17(7-10(9)5-8)12-11(16)13(18)14(12)19;12-7-4-2-1-3-9-5(4)10-6(11-7)8(13)14;/h1-2,5H,3-4,6-7,15-16H2;1-3H,(H,13,14)(H,9,10,11,12);1H. The molecule has 1 aliphatic rings. The number of benzene rings is 1. The zero-order valence-electron chi connectivity index (χ0n) is 17.8. The third-order valence-corrected chi connectivity index (χ3v) is 5.44. The van der Waals surface area contributed by atoms with Gasteiger partial charge in [0.15, 0.2) is 5.65 Å². The minimum atomic E-state index is -1.28. The summed E-state index contributed by atoms with van der Waals surface area (Å²) in [4.78, 5) is 56.1. The number of halogens is 1. The number of nitrogen functional groups attached to an aromatic ring is 1. The Balaban J connectivity index is 0.000000193. The lowest BCUT2D eigenvalue weighted by Gasteiger charge is -2.31. The van der Waals surface area contributed by atoms with Crippen LogP contribution in [0.4, 0.5) is 11.4 Å². The van der Waals surface area contributed by atoms with Crippen LogP contribution >= 0.6 is 12.4 Å². The fourth-order valence-electron chi connectivity index (χ4n) is 3.71. The normalized spacial score (nSPS) is 12.4. The molecule has 4 aromatic rings. The lowest BCUT2D eigenvalue weighted by atomic mass is 9.96. The largest absolute Gasteiger partial charge is 0.475 e. The van der Waals surface area contributed by atoms with Crippen molar-refractivity contribution in [3.63, 3.8) is 0 Å². The van der Waals surface area contributed by atoms with Gasteiger partial charge in [-0.1, -0.05) is 18.2 Å². The van der Waals surface area contributed by atoms with Crippen LogP contribution in [0.1, 0.15) is 27.3 Å². The second kappa shape index (κ2) is 9.81. The smallest absolute Gasteiger partial charge is 0.372 e. The van der Waals surface area contributed by atoms with E-state index in [4.69, 9.17) is 16.6 Å². The van der Waals surface area contributed by atoms with Crippen LogP contribution in [0.15, 0.2) is 50.9 Å². The maximum Gasteiger partial charge on any atom is 0.372 e. The minimum absolute atomic E-state index is 0. The van der Waals surface area contributed by atoms with Crippen molar-refractivity contribution in [1.82, 2.24) is 15.0 Å². The molecule has 0 spiro atoms. The number of fused-ring (bicyclic) bond motifs is 2. The molecule has 0 atom stereocenters. The molecule has 12 heteroatoms. The van der Waals surface area contributed by atoms with Crippen LogP contribution in [0.5, 0.6) is 0 Å². The molecule has 34 heavy (non-hydrogen) atoms. The zero-order chi connectivity index (χ0) is 23.7. The fraction of sp³-hybridized carbons (Fsp3) is 0.182. The van der Waals surface area contributed by atoms with Gasteiger partial charge in [-0.3, -0.25) is 14.4 Å². The number of pyridine rings is 1. The van der Waals surface area contributed by atoms with Crippen molar-refractivity contribution in [2.45, 2.75) is 19.5 Å². The van der Waals surface area contributed by atoms with E-state index in [0.29, 0.717) is 25.3 Å². The van der Waals surface area contributed by atoms with Gasteiger partial charge in [0, 0.05) is 25.8 Å². The van der Waals surface area contributed by atoms with Crippen LogP contribution < -0.4 is 32.8 Å². The monoisotopic (exact) mass is 484 g/mol. The molecular weight excluding hydrogens is 464 g/mol. The molecule has 0 saturated carbocycles. The van der Waals surface area contributed by atoms with Crippen molar-refractivity contribution in [1.29, 1.82) is 0 Å². The number of aromatic carboxylic acids is 1. The van der Waals surface area contributed by atoms with E-state index in [9.17, 15) is 19.2 Å². The number of anilines is 2. The third kappa shape index (κ3) is 4.51. The van der Waals surface area contributed by atoms with Crippen molar-refractivity contribution in [2.75, 3.05) is 17.2 Å². The predicted molar refractivity (Wildman–Crippen MR) is 129 cm³/mol. The number of rotatable bonds is 3. The number of carboxylic acids is 1. The Hall–Kier alpha value is -4.09. The second-order valence-corrected chi connectivity index (χ2v) is 7.49. The van der Waals surface area contributed by atoms with Gasteiger partial charge in [0.25, 0.3) is 16.4 Å². The van der Waals surface area contributed by atoms with Gasteiger partial charge < -0.3 is 26.5 Å². The number of hydrogen-bond acceptors (Lipinski definition) is 9. The van der Waals surface area contributed by atoms with E-state index in [1.807, 2.05) is 11.0 Å². The minimum Gasteiger partial charge on any atom is -0.475 e. The Kier molecular flexibility index (Phi) is 7.08. The van der Waals surface area contributed by atoms with Crippen LogP contribution in [0.3, 0.4) is 0 Å². The van der Waals surface area contributed by atoms with Crippen molar-refractivity contribution in [2.24, 2.45) is 5.73 Å². The molecule has 2 aromatic carbocycles. The van der Waals surface area contributed by atoms with Crippen molar-refractivity contribution < 1.29 is 9.90 Å². The van der Waals surface area contributed by atoms with Gasteiger partial charge in [0.05, 0.1) is 5.39 Å². The predicted octanol–water partition coefficient (Wildman–Crippen LogP) is 0.324. The molecule has 1 aliphatic heterocycles. The first-order valence-electron chi connectivity index (χ1n) is 10.0. The Morgan fingerprint density at radius 2 is 1.91 bits per heavy atom. The highest BCUT2D eigenvalue weighted by molar-refractivity contribution is 5.86. The third-order valence-electron chi connectivity index (χ3n) is 5.44. The molecule has 0 saturated heterocycles. The van der Waals surface area contributed by atoms with E-state index < -0.39 is 28.2 Å². The summed E-state index contributed by atoms with van der Waals surface area (Å²) in [5.74, 6) is -1.68. The van der Waals surface area contributed by atoms with E-state index >= 15 is 0 Å². The van der Waals surface area contributed by atoms with Gasteiger partial charge >= 0.3 is 5.97 Å². The molecule has 11 nitrogen and oxygen atoms in total. The highest BCUT2D eigenvalue weighted by atomic mass is 35.5. The van der Waals surface area contributed by atoms with Gasteiger partial charge in [-0.15, -0.1) is 12.4 Å². The molecule has 176 valence electrons. The fourth-order valence-corrected chi connectivity index (χ4v) is 3.71. The first-order valence-corrected chi connectivity index (χ1v) is 10.0. The molecule has 0 unspecified atom stereocenters. The molecule has 0 radical (unpaired) electrons. The second-order valence-electron chi connectivity index (χ2n) is 7.49. The summed E-state index contributed by atoms with van der Waals surface area (Å²) in [6, 6.07) is 9.28. The number of carbonyl (C=O) groups is 1. The topological polar surface area (TPSA) is 185 Å². The molecule has 2 aromatic heterocycles. The van der Waals surface area contributed by atoms with Crippen molar-refractivity contribution in [3.05, 3.63) is 89.8 Å². The van der Waals surface area contributed by atoms with Gasteiger partial charge in [0.1, 0.15) is 11.4 Å². The van der Waals surface area contributed by atoms with Crippen LogP contribution in [-0.4, -0.2) is 32.6 Å². The quantitative estimate of drug-likeness (QED) is 0.295. The summed E-state index contributed by atoms with van der Waals surface area (Å²) in [6.07, 6.45) is 2.29. The lowest BCUT2D eigenvalue weighted by Crippen LogP contribution is -2.44. The number of H-pyrrole nitrogens is 1. The number of carboxylic acid groups (broad SMARTS) is 1. The summed E-state index contributed by atoms with van der Waals surface area (Å²) in [7, 11) is 0. The van der Waals surface area contributed by atoms with Crippen LogP contribution in [0.2, 0.25) is 0 Å². The molecule has 0 fully saturated rings. The first kappa shape index (κ1) is 24.6. The Labute approximate surface area is 198 Å².